The van der Waals surface area contributed by atoms with Crippen LogP contribution in [-0.2, 0) is 20.9 Å². The first-order valence-electron chi connectivity index (χ1n) is 13.8. The van der Waals surface area contributed by atoms with E-state index in [0.29, 0.717) is 30.8 Å². The highest BCUT2D eigenvalue weighted by Crippen LogP contribution is 2.38. The summed E-state index contributed by atoms with van der Waals surface area (Å²) in [4.78, 5) is 52.8. The van der Waals surface area contributed by atoms with E-state index in [4.69, 9.17) is 5.84 Å². The van der Waals surface area contributed by atoms with Crippen molar-refractivity contribution in [3.63, 3.8) is 0 Å². The number of carbonyl (C=O) groups is 4. The molecule has 0 saturated carbocycles. The number of urea groups is 1. The SMILES string of the molecule is C=C(c1cc(C(C)C)c(O)cc1O)N(C(=O)NN)c1ccc2c(ccn2CCN(C)C(=O)CCCN2C(=O)C=CC2=O)c1. The van der Waals surface area contributed by atoms with Crippen LogP contribution in [0.4, 0.5) is 10.5 Å². The zero-order valence-electron chi connectivity index (χ0n) is 24.4. The highest BCUT2D eigenvalue weighted by atomic mass is 16.3. The van der Waals surface area contributed by atoms with Crippen molar-refractivity contribution in [2.45, 2.75) is 39.2 Å². The van der Waals surface area contributed by atoms with Gasteiger partial charge in [0.05, 0.1) is 11.4 Å². The van der Waals surface area contributed by atoms with E-state index in [-0.39, 0.29) is 59.4 Å². The normalized spacial score (nSPS) is 12.8. The van der Waals surface area contributed by atoms with Gasteiger partial charge in [-0.15, -0.1) is 0 Å². The smallest absolute Gasteiger partial charge is 0.340 e. The Morgan fingerprint density at radius 3 is 2.37 bits per heavy atom. The molecule has 3 aromatic rings. The van der Waals surface area contributed by atoms with Crippen LogP contribution in [0, 0.1) is 0 Å². The molecule has 0 unspecified atom stereocenters. The number of benzene rings is 2. The van der Waals surface area contributed by atoms with E-state index < -0.39 is 6.03 Å². The molecule has 1 aliphatic heterocycles. The molecule has 0 fully saturated rings. The van der Waals surface area contributed by atoms with Crippen LogP contribution in [0.15, 0.2) is 61.3 Å². The summed E-state index contributed by atoms with van der Waals surface area (Å²) in [6.07, 6.45) is 4.93. The third-order valence-electron chi connectivity index (χ3n) is 7.46. The molecule has 12 heteroatoms. The van der Waals surface area contributed by atoms with E-state index >= 15 is 0 Å². The maximum absolute atomic E-state index is 12.9. The van der Waals surface area contributed by atoms with Gasteiger partial charge in [0, 0.05) is 74.0 Å². The lowest BCUT2D eigenvalue weighted by molar-refractivity contribution is -0.138. The van der Waals surface area contributed by atoms with E-state index in [9.17, 15) is 29.4 Å². The number of phenolic OH excluding ortho intramolecular Hbond substituents is 2. The van der Waals surface area contributed by atoms with Crippen molar-refractivity contribution in [1.29, 1.82) is 0 Å². The number of nitrogens with two attached hydrogens (primary N) is 1. The topological polar surface area (TPSA) is 161 Å². The van der Waals surface area contributed by atoms with Crippen LogP contribution in [0.5, 0.6) is 11.5 Å². The Hall–Kier alpha value is -5.10. The molecule has 1 aromatic heterocycles. The number of amides is 5. The number of hydrogen-bond donors (Lipinski definition) is 4. The number of phenols is 2. The number of hydrazine groups is 1. The van der Waals surface area contributed by atoms with Crippen LogP contribution >= 0.6 is 0 Å². The summed E-state index contributed by atoms with van der Waals surface area (Å²) in [5.74, 6) is 4.35. The third-order valence-corrected chi connectivity index (χ3v) is 7.46. The molecule has 0 radical (unpaired) electrons. The van der Waals surface area contributed by atoms with Crippen molar-refractivity contribution >= 4 is 46.0 Å². The average molecular weight is 589 g/mol. The number of imide groups is 1. The van der Waals surface area contributed by atoms with Crippen molar-refractivity contribution in [1.82, 2.24) is 19.8 Å². The molecular formula is C31H36N6O6. The van der Waals surface area contributed by atoms with E-state index in [1.807, 2.05) is 36.7 Å². The molecule has 0 saturated heterocycles. The molecule has 1 aliphatic rings. The second-order valence-electron chi connectivity index (χ2n) is 10.6. The average Bonchev–Trinajstić information content (AvgIpc) is 3.52. The minimum absolute atomic E-state index is 0.0433. The zero-order valence-corrected chi connectivity index (χ0v) is 24.4. The first-order valence-corrected chi connectivity index (χ1v) is 13.8. The summed E-state index contributed by atoms with van der Waals surface area (Å²) in [7, 11) is 1.71. The minimum Gasteiger partial charge on any atom is -0.508 e. The van der Waals surface area contributed by atoms with Crippen molar-refractivity contribution in [3.05, 3.63) is 72.5 Å². The number of fused-ring (bicyclic) bond motifs is 1. The molecule has 4 rings (SSSR count). The monoisotopic (exact) mass is 588 g/mol. The van der Waals surface area contributed by atoms with Gasteiger partial charge in [0.2, 0.25) is 5.91 Å². The molecule has 43 heavy (non-hydrogen) atoms. The Morgan fingerprint density at radius 1 is 1.02 bits per heavy atom. The molecule has 0 atom stereocenters. The second-order valence-corrected chi connectivity index (χ2v) is 10.6. The highest BCUT2D eigenvalue weighted by molar-refractivity contribution is 6.12. The van der Waals surface area contributed by atoms with Crippen molar-refractivity contribution in [3.8, 4) is 11.5 Å². The summed E-state index contributed by atoms with van der Waals surface area (Å²) in [6, 6.07) is 9.40. The number of nitrogens with zero attached hydrogens (tertiary/aromatic N) is 4. The van der Waals surface area contributed by atoms with Gasteiger partial charge in [0.15, 0.2) is 0 Å². The molecule has 5 N–H and O–H groups in total. The Labute approximate surface area is 249 Å². The standard InChI is InChI=1S/C31H36N6O6/c1-19(2)23-17-24(27(39)18-26(23)38)20(3)37(31(43)33-32)22-7-8-25-21(16-22)11-13-35(25)15-14-34(4)28(40)6-5-12-36-29(41)9-10-30(36)42/h7-11,13,16-19,38-39H,3,5-6,12,14-15,32H2,1-2,4H3,(H,33,43). The summed E-state index contributed by atoms with van der Waals surface area (Å²) in [5.41, 5.74) is 4.47. The molecule has 2 aromatic carbocycles. The molecule has 12 nitrogen and oxygen atoms in total. The van der Waals surface area contributed by atoms with Gasteiger partial charge >= 0.3 is 6.03 Å². The van der Waals surface area contributed by atoms with Gasteiger partial charge in [0.1, 0.15) is 11.5 Å². The minimum atomic E-state index is -0.669. The van der Waals surface area contributed by atoms with E-state index in [2.05, 4.69) is 12.0 Å². The number of hydrogen-bond acceptors (Lipinski definition) is 7. The number of anilines is 1. The Kier molecular flexibility index (Phi) is 9.20. The first-order chi connectivity index (χ1) is 20.4. The summed E-state index contributed by atoms with van der Waals surface area (Å²) in [5, 5.41) is 21.7. The maximum Gasteiger partial charge on any atom is 0.340 e. The van der Waals surface area contributed by atoms with Gasteiger partial charge in [-0.1, -0.05) is 20.4 Å². The van der Waals surface area contributed by atoms with Crippen molar-refractivity contribution in [2.75, 3.05) is 25.0 Å². The fraction of sp³-hybridized carbons (Fsp3) is 0.290. The summed E-state index contributed by atoms with van der Waals surface area (Å²) < 4.78 is 1.99. The number of aromatic hydroxyl groups is 2. The van der Waals surface area contributed by atoms with Gasteiger partial charge in [-0.25, -0.2) is 10.6 Å². The maximum atomic E-state index is 12.9. The molecule has 0 aliphatic carbocycles. The van der Waals surface area contributed by atoms with Gasteiger partial charge in [-0.05, 0) is 48.2 Å². The van der Waals surface area contributed by atoms with E-state index in [1.54, 1.807) is 30.1 Å². The van der Waals surface area contributed by atoms with Gasteiger partial charge in [-0.3, -0.25) is 29.6 Å². The lowest BCUT2D eigenvalue weighted by Gasteiger charge is -2.26. The second kappa shape index (κ2) is 12.8. The zero-order chi connectivity index (χ0) is 31.4. The van der Waals surface area contributed by atoms with Crippen LogP contribution in [0.25, 0.3) is 16.6 Å². The Morgan fingerprint density at radius 2 is 1.72 bits per heavy atom. The molecular weight excluding hydrogens is 552 g/mol. The predicted molar refractivity (Wildman–Crippen MR) is 163 cm³/mol. The molecule has 2 heterocycles. The lowest BCUT2D eigenvalue weighted by Crippen LogP contribution is -2.42. The Balaban J connectivity index is 1.46. The van der Waals surface area contributed by atoms with Crippen LogP contribution < -0.4 is 16.2 Å². The van der Waals surface area contributed by atoms with Gasteiger partial charge in [0.25, 0.3) is 11.8 Å². The fourth-order valence-corrected chi connectivity index (χ4v) is 5.00. The summed E-state index contributed by atoms with van der Waals surface area (Å²) >= 11 is 0. The van der Waals surface area contributed by atoms with Crippen LogP contribution in [0.2, 0.25) is 0 Å². The van der Waals surface area contributed by atoms with Crippen molar-refractivity contribution < 1.29 is 29.4 Å². The van der Waals surface area contributed by atoms with Crippen LogP contribution in [0.1, 0.15) is 43.7 Å². The number of carbonyl (C=O) groups excluding carboxylic acids is 4. The van der Waals surface area contributed by atoms with Gasteiger partial charge in [-0.2, -0.15) is 0 Å². The highest BCUT2D eigenvalue weighted by Gasteiger charge is 2.25. The van der Waals surface area contributed by atoms with E-state index in [0.717, 1.165) is 15.8 Å². The first kappa shape index (κ1) is 30.8. The van der Waals surface area contributed by atoms with Crippen LogP contribution in [-0.4, -0.2) is 68.5 Å². The molecule has 0 bridgehead atoms. The number of aromatic nitrogens is 1. The summed E-state index contributed by atoms with van der Waals surface area (Å²) in [6.45, 7) is 8.99. The Bertz CT molecular complexity index is 1610. The van der Waals surface area contributed by atoms with Gasteiger partial charge < -0.3 is 19.7 Å². The number of nitrogens with one attached hydrogen (secondary N) is 1. The predicted octanol–water partition coefficient (Wildman–Crippen LogP) is 3.40. The largest absolute Gasteiger partial charge is 0.508 e. The van der Waals surface area contributed by atoms with E-state index in [1.165, 1.54) is 23.1 Å². The molecule has 5 amide bonds. The van der Waals surface area contributed by atoms with Crippen molar-refractivity contribution in [2.24, 2.45) is 5.84 Å². The van der Waals surface area contributed by atoms with Crippen LogP contribution in [0.3, 0.4) is 0 Å². The molecule has 226 valence electrons. The third kappa shape index (κ3) is 6.54. The number of likely N-dealkylation sites (N-methyl/N-ethyl adjacent to an activating group) is 1. The lowest BCUT2D eigenvalue weighted by atomic mass is 9.97. The number of rotatable bonds is 11. The quantitative estimate of drug-likeness (QED) is 0.116. The fourth-order valence-electron chi connectivity index (χ4n) is 5.00. The molecule has 0 spiro atoms.